The number of anilines is 2. The topological polar surface area (TPSA) is 89.3 Å². The van der Waals surface area contributed by atoms with Crippen LogP contribution in [0.15, 0.2) is 29.1 Å². The second-order valence-corrected chi connectivity index (χ2v) is 6.17. The molecule has 1 aliphatic rings. The molecule has 0 saturated heterocycles. The number of amides is 1. The van der Waals surface area contributed by atoms with Crippen LogP contribution in [0.3, 0.4) is 0 Å². The molecular formula is C18H23N5O3. The molecule has 0 spiro atoms. The van der Waals surface area contributed by atoms with Gasteiger partial charge in [-0.25, -0.2) is 0 Å². The SMILES string of the molecule is CCOc1ccc(N2CCn3c2nnc(C(=O)NC(C)CC)c3=O)cc1. The molecule has 26 heavy (non-hydrogen) atoms. The van der Waals surface area contributed by atoms with Crippen LogP contribution in [0.2, 0.25) is 0 Å². The van der Waals surface area contributed by atoms with E-state index in [1.54, 1.807) is 0 Å². The highest BCUT2D eigenvalue weighted by atomic mass is 16.5. The van der Waals surface area contributed by atoms with Gasteiger partial charge in [0.1, 0.15) is 5.75 Å². The third-order valence-corrected chi connectivity index (χ3v) is 4.38. The Morgan fingerprint density at radius 1 is 1.23 bits per heavy atom. The lowest BCUT2D eigenvalue weighted by Crippen LogP contribution is -2.38. The number of nitrogens with zero attached hydrogens (tertiary/aromatic N) is 4. The van der Waals surface area contributed by atoms with Gasteiger partial charge in [0.15, 0.2) is 0 Å². The highest BCUT2D eigenvalue weighted by Gasteiger charge is 2.27. The van der Waals surface area contributed by atoms with Crippen LogP contribution in [-0.4, -0.2) is 39.9 Å². The summed E-state index contributed by atoms with van der Waals surface area (Å²) in [6.45, 7) is 7.43. The van der Waals surface area contributed by atoms with E-state index >= 15 is 0 Å². The zero-order valence-corrected chi connectivity index (χ0v) is 15.2. The maximum Gasteiger partial charge on any atom is 0.286 e. The molecule has 0 aliphatic carbocycles. The van der Waals surface area contributed by atoms with Gasteiger partial charge < -0.3 is 15.0 Å². The largest absolute Gasteiger partial charge is 0.494 e. The van der Waals surface area contributed by atoms with Crippen LogP contribution in [0.1, 0.15) is 37.7 Å². The first-order valence-corrected chi connectivity index (χ1v) is 8.83. The van der Waals surface area contributed by atoms with Crippen LogP contribution in [0, 0.1) is 0 Å². The van der Waals surface area contributed by atoms with Crippen molar-refractivity contribution in [2.75, 3.05) is 18.1 Å². The van der Waals surface area contributed by atoms with Gasteiger partial charge >= 0.3 is 0 Å². The predicted molar refractivity (Wildman–Crippen MR) is 98.1 cm³/mol. The summed E-state index contributed by atoms with van der Waals surface area (Å²) in [4.78, 5) is 26.8. The van der Waals surface area contributed by atoms with E-state index in [4.69, 9.17) is 4.74 Å². The molecule has 1 atom stereocenters. The maximum absolute atomic E-state index is 12.6. The zero-order valence-electron chi connectivity index (χ0n) is 15.2. The van der Waals surface area contributed by atoms with Gasteiger partial charge in [0.05, 0.1) is 6.61 Å². The van der Waals surface area contributed by atoms with E-state index in [2.05, 4.69) is 15.5 Å². The van der Waals surface area contributed by atoms with Crippen molar-refractivity contribution in [1.82, 2.24) is 20.1 Å². The number of hydrogen-bond donors (Lipinski definition) is 1. The highest BCUT2D eigenvalue weighted by molar-refractivity contribution is 5.92. The lowest BCUT2D eigenvalue weighted by Gasteiger charge is -2.17. The molecule has 0 radical (unpaired) electrons. The van der Waals surface area contributed by atoms with Gasteiger partial charge in [0, 0.05) is 24.8 Å². The molecule has 1 aromatic heterocycles. The Balaban J connectivity index is 1.86. The minimum atomic E-state index is -0.480. The Hall–Kier alpha value is -2.90. The number of fused-ring (bicyclic) bond motifs is 1. The highest BCUT2D eigenvalue weighted by Crippen LogP contribution is 2.28. The quantitative estimate of drug-likeness (QED) is 0.847. The van der Waals surface area contributed by atoms with Crippen LogP contribution >= 0.6 is 0 Å². The second-order valence-electron chi connectivity index (χ2n) is 6.17. The fourth-order valence-corrected chi connectivity index (χ4v) is 2.78. The zero-order chi connectivity index (χ0) is 18.7. The smallest absolute Gasteiger partial charge is 0.286 e. The molecule has 2 heterocycles. The Morgan fingerprint density at radius 2 is 1.96 bits per heavy atom. The number of hydrogen-bond acceptors (Lipinski definition) is 6. The van der Waals surface area contributed by atoms with Crippen molar-refractivity contribution in [2.45, 2.75) is 39.8 Å². The van der Waals surface area contributed by atoms with Crippen molar-refractivity contribution in [2.24, 2.45) is 0 Å². The number of nitrogens with one attached hydrogen (secondary N) is 1. The van der Waals surface area contributed by atoms with Crippen LogP contribution in [0.4, 0.5) is 11.6 Å². The Morgan fingerprint density at radius 3 is 2.62 bits per heavy atom. The van der Waals surface area contributed by atoms with Crippen molar-refractivity contribution < 1.29 is 9.53 Å². The summed E-state index contributed by atoms with van der Waals surface area (Å²) in [5.74, 6) is 0.752. The Labute approximate surface area is 151 Å². The van der Waals surface area contributed by atoms with E-state index in [0.29, 0.717) is 25.6 Å². The average Bonchev–Trinajstić information content (AvgIpc) is 3.07. The van der Waals surface area contributed by atoms with Gasteiger partial charge in [0.25, 0.3) is 11.5 Å². The normalized spacial score (nSPS) is 14.0. The molecular weight excluding hydrogens is 334 g/mol. The lowest BCUT2D eigenvalue weighted by molar-refractivity contribution is 0.0930. The number of ether oxygens (including phenoxy) is 1. The Kier molecular flexibility index (Phi) is 5.20. The van der Waals surface area contributed by atoms with Crippen molar-refractivity contribution in [1.29, 1.82) is 0 Å². The van der Waals surface area contributed by atoms with Gasteiger partial charge in [-0.1, -0.05) is 6.92 Å². The fourth-order valence-electron chi connectivity index (χ4n) is 2.78. The molecule has 2 aromatic rings. The minimum Gasteiger partial charge on any atom is -0.494 e. The molecule has 1 N–H and O–H groups in total. The average molecular weight is 357 g/mol. The number of carbonyl (C=O) groups excluding carboxylic acids is 1. The molecule has 1 unspecified atom stereocenters. The molecule has 1 aliphatic heterocycles. The first kappa shape index (κ1) is 17.9. The van der Waals surface area contributed by atoms with Gasteiger partial charge in [-0.2, -0.15) is 0 Å². The predicted octanol–water partition coefficient (Wildman–Crippen LogP) is 1.72. The number of aromatic nitrogens is 3. The second kappa shape index (κ2) is 7.55. The van der Waals surface area contributed by atoms with E-state index in [-0.39, 0.29) is 11.7 Å². The Bertz CT molecular complexity index is 847. The van der Waals surface area contributed by atoms with E-state index < -0.39 is 11.5 Å². The van der Waals surface area contributed by atoms with Gasteiger partial charge in [0.2, 0.25) is 11.6 Å². The van der Waals surface area contributed by atoms with E-state index in [9.17, 15) is 9.59 Å². The molecule has 0 fully saturated rings. The fraction of sp³-hybridized carbons (Fsp3) is 0.444. The molecule has 8 nitrogen and oxygen atoms in total. The summed E-state index contributed by atoms with van der Waals surface area (Å²) in [7, 11) is 0. The molecule has 3 rings (SSSR count). The first-order chi connectivity index (χ1) is 12.5. The summed E-state index contributed by atoms with van der Waals surface area (Å²) in [5, 5.41) is 10.8. The van der Waals surface area contributed by atoms with Crippen LogP contribution in [0.5, 0.6) is 5.75 Å². The van der Waals surface area contributed by atoms with Crippen molar-refractivity contribution >= 4 is 17.5 Å². The van der Waals surface area contributed by atoms with Gasteiger partial charge in [-0.15, -0.1) is 10.2 Å². The van der Waals surface area contributed by atoms with E-state index in [1.165, 1.54) is 4.57 Å². The summed E-state index contributed by atoms with van der Waals surface area (Å²) in [5.41, 5.74) is 0.317. The van der Waals surface area contributed by atoms with Crippen LogP contribution in [-0.2, 0) is 6.54 Å². The summed E-state index contributed by atoms with van der Waals surface area (Å²) >= 11 is 0. The number of benzene rings is 1. The van der Waals surface area contributed by atoms with Gasteiger partial charge in [-0.05, 0) is 44.5 Å². The summed E-state index contributed by atoms with van der Waals surface area (Å²) in [6.07, 6.45) is 0.775. The van der Waals surface area contributed by atoms with E-state index in [0.717, 1.165) is 17.9 Å². The van der Waals surface area contributed by atoms with Crippen molar-refractivity contribution in [3.63, 3.8) is 0 Å². The summed E-state index contributed by atoms with van der Waals surface area (Å²) in [6, 6.07) is 7.55. The maximum atomic E-state index is 12.6. The standard InChI is InChI=1S/C18H23N5O3/c1-4-12(3)19-16(24)15-17(25)23-11-10-22(18(23)21-20-15)13-6-8-14(9-7-13)26-5-2/h6-9,12H,4-5,10-11H2,1-3H3,(H,19,24). The number of rotatable bonds is 6. The van der Waals surface area contributed by atoms with Crippen molar-refractivity contribution in [3.8, 4) is 5.75 Å². The molecule has 138 valence electrons. The van der Waals surface area contributed by atoms with Crippen LogP contribution < -0.4 is 20.5 Å². The third kappa shape index (κ3) is 3.40. The lowest BCUT2D eigenvalue weighted by atomic mass is 10.2. The molecule has 0 bridgehead atoms. The molecule has 0 saturated carbocycles. The molecule has 1 aromatic carbocycles. The minimum absolute atomic E-state index is 0.0256. The molecule has 8 heteroatoms. The van der Waals surface area contributed by atoms with Crippen molar-refractivity contribution in [3.05, 3.63) is 40.3 Å². The summed E-state index contributed by atoms with van der Waals surface area (Å²) < 4.78 is 6.94. The molecule has 1 amide bonds. The first-order valence-electron chi connectivity index (χ1n) is 8.83. The van der Waals surface area contributed by atoms with Crippen LogP contribution in [0.25, 0.3) is 0 Å². The monoisotopic (exact) mass is 357 g/mol. The third-order valence-electron chi connectivity index (χ3n) is 4.38. The van der Waals surface area contributed by atoms with Gasteiger partial charge in [-0.3, -0.25) is 14.2 Å². The van der Waals surface area contributed by atoms with E-state index in [1.807, 2.05) is 49.9 Å². The number of carbonyl (C=O) groups is 1.